The van der Waals surface area contributed by atoms with Crippen LogP contribution in [-0.2, 0) is 0 Å². The van der Waals surface area contributed by atoms with Gasteiger partial charge in [-0.05, 0) is 18.5 Å². The van der Waals surface area contributed by atoms with E-state index in [9.17, 15) is 0 Å². The zero-order chi connectivity index (χ0) is 13.2. The quantitative estimate of drug-likeness (QED) is 0.933. The lowest BCUT2D eigenvalue weighted by Gasteiger charge is -2.29. The summed E-state index contributed by atoms with van der Waals surface area (Å²) in [7, 11) is 2.10. The number of nitrogens with two attached hydrogens (primary N) is 1. The molecular formula is C12H16N4OS2. The molecule has 1 aliphatic heterocycles. The first-order valence-corrected chi connectivity index (χ1v) is 8.19. The molecule has 2 atom stereocenters. The predicted molar refractivity (Wildman–Crippen MR) is 77.3 cm³/mol. The van der Waals surface area contributed by atoms with Gasteiger partial charge in [0.25, 0.3) is 0 Å². The lowest BCUT2D eigenvalue weighted by molar-refractivity contribution is 0.256. The Hall–Kier alpha value is -0.890. The minimum atomic E-state index is -0.317. The molecule has 0 radical (unpaired) electrons. The largest absolute Gasteiger partial charge is 0.337 e. The lowest BCUT2D eigenvalue weighted by Crippen LogP contribution is -2.33. The Bertz CT molecular complexity index is 528. The van der Waals surface area contributed by atoms with Gasteiger partial charge in [0.15, 0.2) is 5.82 Å². The van der Waals surface area contributed by atoms with Crippen molar-refractivity contribution < 1.29 is 4.52 Å². The van der Waals surface area contributed by atoms with Gasteiger partial charge in [-0.3, -0.25) is 4.90 Å². The first kappa shape index (κ1) is 13.1. The Kier molecular flexibility index (Phi) is 3.88. The number of aromatic nitrogens is 2. The van der Waals surface area contributed by atoms with E-state index in [1.54, 1.807) is 11.3 Å². The third kappa shape index (κ3) is 2.69. The maximum absolute atomic E-state index is 6.13. The third-order valence-electron chi connectivity index (χ3n) is 3.27. The normalized spacial score (nSPS) is 22.5. The Balaban J connectivity index is 1.79. The van der Waals surface area contributed by atoms with Crippen molar-refractivity contribution in [2.24, 2.45) is 5.73 Å². The summed E-state index contributed by atoms with van der Waals surface area (Å²) < 4.78 is 5.34. The fraction of sp³-hybridized carbons (Fsp3) is 0.500. The van der Waals surface area contributed by atoms with Gasteiger partial charge < -0.3 is 10.3 Å². The molecule has 3 rings (SSSR count). The van der Waals surface area contributed by atoms with Crippen LogP contribution >= 0.6 is 23.1 Å². The molecule has 5 nitrogen and oxygen atoms in total. The molecule has 1 aliphatic rings. The van der Waals surface area contributed by atoms with Gasteiger partial charge in [-0.1, -0.05) is 11.2 Å². The molecule has 2 N–H and O–H groups in total. The number of thioether (sulfide) groups is 1. The zero-order valence-corrected chi connectivity index (χ0v) is 12.3. The highest BCUT2D eigenvalue weighted by molar-refractivity contribution is 7.99. The smallest absolute Gasteiger partial charge is 0.249 e. The highest BCUT2D eigenvalue weighted by Gasteiger charge is 2.27. The Morgan fingerprint density at radius 3 is 3.21 bits per heavy atom. The molecule has 0 amide bonds. The Labute approximate surface area is 120 Å². The van der Waals surface area contributed by atoms with Gasteiger partial charge in [-0.25, -0.2) is 0 Å². The predicted octanol–water partition coefficient (Wildman–Crippen LogP) is 1.90. The van der Waals surface area contributed by atoms with Crippen LogP contribution in [0.3, 0.4) is 0 Å². The molecule has 2 aromatic heterocycles. The van der Waals surface area contributed by atoms with Crippen molar-refractivity contribution in [2.45, 2.75) is 12.1 Å². The summed E-state index contributed by atoms with van der Waals surface area (Å²) in [6, 6.07) is 3.87. The van der Waals surface area contributed by atoms with Crippen LogP contribution in [0, 0.1) is 0 Å². The van der Waals surface area contributed by atoms with Gasteiger partial charge in [0.05, 0.1) is 6.04 Å². The number of rotatable bonds is 3. The maximum atomic E-state index is 6.13. The Morgan fingerprint density at radius 2 is 2.47 bits per heavy atom. The van der Waals surface area contributed by atoms with Crippen molar-refractivity contribution >= 4 is 23.1 Å². The van der Waals surface area contributed by atoms with Crippen molar-refractivity contribution in [3.8, 4) is 0 Å². The number of hydrogen-bond acceptors (Lipinski definition) is 7. The van der Waals surface area contributed by atoms with Crippen LogP contribution in [0.15, 0.2) is 22.0 Å². The van der Waals surface area contributed by atoms with Gasteiger partial charge >= 0.3 is 0 Å². The van der Waals surface area contributed by atoms with E-state index in [0.29, 0.717) is 5.89 Å². The van der Waals surface area contributed by atoms with Gasteiger partial charge in [0, 0.05) is 22.9 Å². The topological polar surface area (TPSA) is 68.2 Å². The minimum Gasteiger partial charge on any atom is -0.337 e. The van der Waals surface area contributed by atoms with E-state index in [-0.39, 0.29) is 12.1 Å². The molecule has 1 saturated heterocycles. The fourth-order valence-corrected chi connectivity index (χ4v) is 3.99. The fourth-order valence-electron chi connectivity index (χ4n) is 2.06. The van der Waals surface area contributed by atoms with Gasteiger partial charge in [0.2, 0.25) is 5.89 Å². The van der Waals surface area contributed by atoms with E-state index in [4.69, 9.17) is 10.3 Å². The summed E-state index contributed by atoms with van der Waals surface area (Å²) in [5.41, 5.74) is 6.13. The van der Waals surface area contributed by atoms with Crippen molar-refractivity contribution in [1.29, 1.82) is 0 Å². The molecule has 0 spiro atoms. The zero-order valence-electron chi connectivity index (χ0n) is 10.7. The van der Waals surface area contributed by atoms with Crippen molar-refractivity contribution in [3.05, 3.63) is 34.1 Å². The number of hydrogen-bond donors (Lipinski definition) is 1. The van der Waals surface area contributed by atoms with E-state index in [1.807, 2.05) is 29.3 Å². The maximum Gasteiger partial charge on any atom is 0.249 e. The molecule has 0 aliphatic carbocycles. The second-order valence-corrected chi connectivity index (χ2v) is 6.68. The molecule has 0 aromatic carbocycles. The highest BCUT2D eigenvalue weighted by atomic mass is 32.2. The van der Waals surface area contributed by atoms with E-state index in [0.717, 1.165) is 28.8 Å². The summed E-state index contributed by atoms with van der Waals surface area (Å²) >= 11 is 3.53. The highest BCUT2D eigenvalue weighted by Crippen LogP contribution is 2.28. The summed E-state index contributed by atoms with van der Waals surface area (Å²) in [4.78, 5) is 7.80. The van der Waals surface area contributed by atoms with E-state index < -0.39 is 0 Å². The van der Waals surface area contributed by atoms with E-state index in [1.165, 1.54) is 0 Å². The van der Waals surface area contributed by atoms with Gasteiger partial charge in [0.1, 0.15) is 6.04 Å². The van der Waals surface area contributed by atoms with E-state index >= 15 is 0 Å². The van der Waals surface area contributed by atoms with Crippen molar-refractivity contribution in [3.63, 3.8) is 0 Å². The number of nitrogens with zero attached hydrogens (tertiary/aromatic N) is 3. The van der Waals surface area contributed by atoms with Crippen LogP contribution in [-0.4, -0.2) is 40.1 Å². The molecule has 102 valence electrons. The van der Waals surface area contributed by atoms with Crippen LogP contribution in [0.2, 0.25) is 0 Å². The summed E-state index contributed by atoms with van der Waals surface area (Å²) in [6.07, 6.45) is 0. The molecule has 3 heterocycles. The van der Waals surface area contributed by atoms with Gasteiger partial charge in [-0.15, -0.1) is 11.3 Å². The lowest BCUT2D eigenvalue weighted by atomic mass is 10.2. The summed E-state index contributed by atoms with van der Waals surface area (Å²) in [5.74, 6) is 3.41. The molecule has 1 fully saturated rings. The summed E-state index contributed by atoms with van der Waals surface area (Å²) in [5, 5.41) is 6.10. The van der Waals surface area contributed by atoms with Crippen LogP contribution in [0.4, 0.5) is 0 Å². The van der Waals surface area contributed by atoms with Crippen LogP contribution in [0.1, 0.15) is 28.7 Å². The minimum absolute atomic E-state index is 0.229. The second-order valence-electron chi connectivity index (χ2n) is 4.56. The van der Waals surface area contributed by atoms with E-state index in [2.05, 4.69) is 22.1 Å². The average molecular weight is 296 g/mol. The second kappa shape index (κ2) is 5.62. The molecule has 0 bridgehead atoms. The third-order valence-corrected chi connectivity index (χ3v) is 5.25. The molecule has 19 heavy (non-hydrogen) atoms. The Morgan fingerprint density at radius 1 is 1.58 bits per heavy atom. The van der Waals surface area contributed by atoms with Gasteiger partial charge in [-0.2, -0.15) is 16.7 Å². The van der Waals surface area contributed by atoms with Crippen LogP contribution in [0.5, 0.6) is 0 Å². The molecule has 7 heteroatoms. The molecule has 0 saturated carbocycles. The molecule has 2 aromatic rings. The van der Waals surface area contributed by atoms with Crippen LogP contribution in [0.25, 0.3) is 0 Å². The molecular weight excluding hydrogens is 280 g/mol. The monoisotopic (exact) mass is 296 g/mol. The number of thiophene rings is 1. The first-order valence-electron chi connectivity index (χ1n) is 6.16. The summed E-state index contributed by atoms with van der Waals surface area (Å²) in [6.45, 7) is 1.05. The SMILES string of the molecule is CN1CCSCC1c1noc(C(N)c2cccs2)n1. The average Bonchev–Trinajstić information content (AvgIpc) is 3.10. The van der Waals surface area contributed by atoms with Crippen molar-refractivity contribution in [1.82, 2.24) is 15.0 Å². The standard InChI is InChI=1S/C12H16N4OS2/c1-16-4-6-18-7-8(16)11-14-12(17-15-11)10(13)9-3-2-5-19-9/h2-3,5,8,10H,4,6-7,13H2,1H3. The first-order chi connectivity index (χ1) is 9.25. The molecule has 2 unspecified atom stereocenters. The van der Waals surface area contributed by atoms with Crippen LogP contribution < -0.4 is 5.73 Å². The van der Waals surface area contributed by atoms with Crippen molar-refractivity contribution in [2.75, 3.05) is 25.1 Å².